The Labute approximate surface area is 128 Å². The average molecular weight is 349 g/mol. The maximum Gasteiger partial charge on any atom is 0.248 e. The van der Waals surface area contributed by atoms with Gasteiger partial charge in [-0.1, -0.05) is 41.1 Å². The third kappa shape index (κ3) is 3.70. The molecule has 2 aliphatic carbocycles. The van der Waals surface area contributed by atoms with Gasteiger partial charge < -0.3 is 4.74 Å². The fourth-order valence-electron chi connectivity index (χ4n) is 3.61. The lowest BCUT2D eigenvalue weighted by atomic mass is 9.68. The van der Waals surface area contributed by atoms with E-state index in [1.807, 2.05) is 0 Å². The number of alkyl halides is 2. The van der Waals surface area contributed by atoms with E-state index < -0.39 is 5.92 Å². The van der Waals surface area contributed by atoms with E-state index in [1.165, 1.54) is 4.48 Å². The summed E-state index contributed by atoms with van der Waals surface area (Å²) in [5, 5.41) is 0. The highest BCUT2D eigenvalue weighted by Gasteiger charge is 2.41. The minimum Gasteiger partial charge on any atom is -0.384 e. The molecule has 0 aromatic carbocycles. The molecule has 20 heavy (non-hydrogen) atoms. The molecule has 2 rings (SSSR count). The van der Waals surface area contributed by atoms with E-state index in [0.717, 1.165) is 0 Å². The Kier molecular flexibility index (Phi) is 5.41. The molecule has 0 bridgehead atoms. The molecule has 0 amide bonds. The van der Waals surface area contributed by atoms with E-state index in [9.17, 15) is 8.78 Å². The van der Waals surface area contributed by atoms with Gasteiger partial charge in [0.1, 0.15) is 0 Å². The van der Waals surface area contributed by atoms with Gasteiger partial charge in [0, 0.05) is 32.5 Å². The van der Waals surface area contributed by atoms with Gasteiger partial charge in [0.2, 0.25) is 5.92 Å². The van der Waals surface area contributed by atoms with Crippen LogP contribution in [0, 0.1) is 23.7 Å². The van der Waals surface area contributed by atoms with E-state index in [-0.39, 0.29) is 12.8 Å². The second-order valence-electron chi connectivity index (χ2n) is 6.17. The molecule has 0 aromatic heterocycles. The van der Waals surface area contributed by atoms with Gasteiger partial charge in [-0.05, 0) is 35.1 Å². The SMILES string of the molecule is COCC(C)[C@H]1C(Br)=CC=CC1C1CCC(F)(F)CC1. The van der Waals surface area contributed by atoms with Gasteiger partial charge in [0.05, 0.1) is 0 Å². The lowest BCUT2D eigenvalue weighted by Gasteiger charge is -2.40. The number of hydrogen-bond donors (Lipinski definition) is 0. The molecule has 2 aliphatic rings. The zero-order valence-corrected chi connectivity index (χ0v) is 13.7. The number of methoxy groups -OCH3 is 1. The maximum atomic E-state index is 13.3. The first-order valence-corrected chi connectivity index (χ1v) is 8.14. The average Bonchev–Trinajstić information content (AvgIpc) is 2.38. The summed E-state index contributed by atoms with van der Waals surface area (Å²) in [7, 11) is 1.71. The monoisotopic (exact) mass is 348 g/mol. The summed E-state index contributed by atoms with van der Waals surface area (Å²) in [5.74, 6) is -1.03. The lowest BCUT2D eigenvalue weighted by Crippen LogP contribution is -2.35. The Bertz CT molecular complexity index is 382. The van der Waals surface area contributed by atoms with Gasteiger partial charge in [-0.15, -0.1) is 0 Å². The predicted molar refractivity (Wildman–Crippen MR) is 81.1 cm³/mol. The Morgan fingerprint density at radius 3 is 2.65 bits per heavy atom. The highest BCUT2D eigenvalue weighted by atomic mass is 79.9. The van der Waals surface area contributed by atoms with Gasteiger partial charge in [0.15, 0.2) is 0 Å². The molecule has 114 valence electrons. The number of hydrogen-bond acceptors (Lipinski definition) is 1. The van der Waals surface area contributed by atoms with E-state index in [2.05, 4.69) is 41.1 Å². The van der Waals surface area contributed by atoms with E-state index in [4.69, 9.17) is 4.74 Å². The van der Waals surface area contributed by atoms with Crippen LogP contribution in [-0.2, 0) is 4.74 Å². The molecule has 1 nitrogen and oxygen atoms in total. The summed E-state index contributed by atoms with van der Waals surface area (Å²) < 4.78 is 33.1. The molecule has 1 fully saturated rings. The van der Waals surface area contributed by atoms with Crippen molar-refractivity contribution in [1.29, 1.82) is 0 Å². The summed E-state index contributed by atoms with van der Waals surface area (Å²) in [5.41, 5.74) is 0. The topological polar surface area (TPSA) is 9.23 Å². The zero-order chi connectivity index (χ0) is 14.8. The first-order chi connectivity index (χ1) is 9.44. The van der Waals surface area contributed by atoms with Crippen molar-refractivity contribution >= 4 is 15.9 Å². The summed E-state index contributed by atoms with van der Waals surface area (Å²) >= 11 is 3.66. The quantitative estimate of drug-likeness (QED) is 0.680. The molecule has 1 saturated carbocycles. The van der Waals surface area contributed by atoms with Crippen molar-refractivity contribution in [1.82, 2.24) is 0 Å². The molecule has 2 unspecified atom stereocenters. The molecule has 0 saturated heterocycles. The van der Waals surface area contributed by atoms with Gasteiger partial charge in [-0.2, -0.15) is 0 Å². The van der Waals surface area contributed by atoms with Crippen LogP contribution in [0.25, 0.3) is 0 Å². The van der Waals surface area contributed by atoms with E-state index >= 15 is 0 Å². The van der Waals surface area contributed by atoms with Crippen molar-refractivity contribution in [2.24, 2.45) is 23.7 Å². The van der Waals surface area contributed by atoms with Crippen LogP contribution in [0.3, 0.4) is 0 Å². The highest BCUT2D eigenvalue weighted by Crippen LogP contribution is 2.46. The number of allylic oxidation sites excluding steroid dienone is 4. The van der Waals surface area contributed by atoms with Gasteiger partial charge in [0.25, 0.3) is 0 Å². The van der Waals surface area contributed by atoms with Gasteiger partial charge >= 0.3 is 0 Å². The van der Waals surface area contributed by atoms with Crippen LogP contribution >= 0.6 is 15.9 Å². The molecule has 0 aromatic rings. The Hall–Kier alpha value is -0.220. The van der Waals surface area contributed by atoms with E-state index in [1.54, 1.807) is 7.11 Å². The number of rotatable bonds is 4. The molecule has 0 N–H and O–H groups in total. The van der Waals surface area contributed by atoms with Crippen molar-refractivity contribution in [3.05, 3.63) is 22.7 Å². The van der Waals surface area contributed by atoms with Crippen LogP contribution < -0.4 is 0 Å². The van der Waals surface area contributed by atoms with Crippen LogP contribution in [0.5, 0.6) is 0 Å². The first kappa shape index (κ1) is 16.2. The fraction of sp³-hybridized carbons (Fsp3) is 0.750. The smallest absolute Gasteiger partial charge is 0.248 e. The molecule has 0 aliphatic heterocycles. The van der Waals surface area contributed by atoms with Gasteiger partial charge in [-0.3, -0.25) is 0 Å². The summed E-state index contributed by atoms with van der Waals surface area (Å²) in [6.45, 7) is 2.87. The second kappa shape index (κ2) is 6.69. The predicted octanol–water partition coefficient (Wildman–Crippen LogP) is 5.18. The van der Waals surface area contributed by atoms with Gasteiger partial charge in [-0.25, -0.2) is 8.78 Å². The van der Waals surface area contributed by atoms with Crippen molar-refractivity contribution in [3.8, 4) is 0 Å². The minimum atomic E-state index is -2.45. The van der Waals surface area contributed by atoms with Crippen LogP contribution in [0.4, 0.5) is 8.78 Å². The molecule has 0 spiro atoms. The normalized spacial score (nSPS) is 31.9. The van der Waals surface area contributed by atoms with Crippen molar-refractivity contribution in [3.63, 3.8) is 0 Å². The summed E-state index contributed by atoms with van der Waals surface area (Å²) in [4.78, 5) is 0. The number of halogens is 3. The molecule has 4 heteroatoms. The third-order valence-electron chi connectivity index (χ3n) is 4.67. The van der Waals surface area contributed by atoms with E-state index in [0.29, 0.717) is 43.1 Å². The van der Waals surface area contributed by atoms with Crippen LogP contribution in [-0.4, -0.2) is 19.6 Å². The van der Waals surface area contributed by atoms with Crippen molar-refractivity contribution < 1.29 is 13.5 Å². The molecule has 0 radical (unpaired) electrons. The van der Waals surface area contributed by atoms with Crippen LogP contribution in [0.2, 0.25) is 0 Å². The van der Waals surface area contributed by atoms with Crippen molar-refractivity contribution in [2.75, 3.05) is 13.7 Å². The molecule has 3 atom stereocenters. The Morgan fingerprint density at radius 1 is 1.40 bits per heavy atom. The number of ether oxygens (including phenoxy) is 1. The molecule has 0 heterocycles. The summed E-state index contributed by atoms with van der Waals surface area (Å²) in [6.07, 6.45) is 7.65. The van der Waals surface area contributed by atoms with Crippen LogP contribution in [0.1, 0.15) is 32.6 Å². The standard InChI is InChI=1S/C16H23BrF2O/c1-11(10-20-2)15-13(4-3-5-14(15)17)12-6-8-16(18,19)9-7-12/h3-5,11-13,15H,6-10H2,1-2H3/t11?,13?,15-/m1/s1. The maximum absolute atomic E-state index is 13.3. The Balaban J connectivity index is 2.08. The minimum absolute atomic E-state index is 0.0364. The first-order valence-electron chi connectivity index (χ1n) is 7.35. The largest absolute Gasteiger partial charge is 0.384 e. The third-order valence-corrected chi connectivity index (χ3v) is 5.46. The molecular formula is C16H23BrF2O. The summed E-state index contributed by atoms with van der Waals surface area (Å²) in [6, 6.07) is 0. The second-order valence-corrected chi connectivity index (χ2v) is 7.08. The molecular weight excluding hydrogens is 326 g/mol. The zero-order valence-electron chi connectivity index (χ0n) is 12.1. The lowest BCUT2D eigenvalue weighted by molar-refractivity contribution is -0.0535. The highest BCUT2D eigenvalue weighted by molar-refractivity contribution is 9.11. The Morgan fingerprint density at radius 2 is 2.05 bits per heavy atom. The van der Waals surface area contributed by atoms with Crippen molar-refractivity contribution in [2.45, 2.75) is 38.5 Å². The van der Waals surface area contributed by atoms with Crippen LogP contribution in [0.15, 0.2) is 22.7 Å². The fourth-order valence-corrected chi connectivity index (χ4v) is 4.51.